The van der Waals surface area contributed by atoms with Gasteiger partial charge in [0.2, 0.25) is 0 Å². The van der Waals surface area contributed by atoms with E-state index in [1.165, 1.54) is 61.4 Å². The zero-order valence-corrected chi connectivity index (χ0v) is 26.8. The highest BCUT2D eigenvalue weighted by molar-refractivity contribution is 7.00. The SMILES string of the molecule is C=C/C(C)=C\C=C(/C)c1ccc2c(c1)N(c1cccc(-c3ccccc3)c1)c1cccc3c1B2c1ccccc1N3c1ccccc1. The standard InChI is InChI=1S/C44H35BN2/c1-4-31(2)25-26-32(3)34-27-28-39-43(30-34)47(37-20-13-17-35(29-37)33-15-7-5-8-16-33)42-24-14-23-41-44(42)45(39)38-21-11-12-22-40(38)46(41)36-18-9-6-10-19-36/h4-30H,1H2,2-3H3/b31-25-,32-26+. The fraction of sp³-hybridized carbons (Fsp3) is 0.0455. The molecule has 8 rings (SSSR count). The molecule has 47 heavy (non-hydrogen) atoms. The molecular formula is C44H35BN2. The summed E-state index contributed by atoms with van der Waals surface area (Å²) < 4.78 is 0. The van der Waals surface area contributed by atoms with Crippen LogP contribution < -0.4 is 26.2 Å². The van der Waals surface area contributed by atoms with Crippen molar-refractivity contribution in [2.45, 2.75) is 13.8 Å². The minimum absolute atomic E-state index is 0.0992. The van der Waals surface area contributed by atoms with Crippen LogP contribution in [0.15, 0.2) is 176 Å². The number of nitrogens with zero attached hydrogens (tertiary/aromatic N) is 2. The summed E-state index contributed by atoms with van der Waals surface area (Å²) in [7, 11) is 0. The number of allylic oxidation sites excluding steroid dienone is 5. The van der Waals surface area contributed by atoms with E-state index in [0.29, 0.717) is 0 Å². The average Bonchev–Trinajstić information content (AvgIpc) is 3.14. The molecule has 0 spiro atoms. The molecule has 0 atom stereocenters. The summed E-state index contributed by atoms with van der Waals surface area (Å²) in [6.07, 6.45) is 6.23. The Morgan fingerprint density at radius 1 is 0.532 bits per heavy atom. The van der Waals surface area contributed by atoms with Gasteiger partial charge in [-0.1, -0.05) is 127 Å². The normalized spacial score (nSPS) is 13.5. The van der Waals surface area contributed by atoms with Crippen LogP contribution in [0, 0.1) is 0 Å². The number of para-hydroxylation sites is 2. The lowest BCUT2D eigenvalue weighted by molar-refractivity contribution is 1.25. The van der Waals surface area contributed by atoms with Crippen molar-refractivity contribution in [3.8, 4) is 11.1 Å². The molecule has 0 amide bonds. The van der Waals surface area contributed by atoms with Crippen molar-refractivity contribution in [2.75, 3.05) is 9.80 Å². The molecular weight excluding hydrogens is 567 g/mol. The quantitative estimate of drug-likeness (QED) is 0.138. The molecule has 0 radical (unpaired) electrons. The van der Waals surface area contributed by atoms with Gasteiger partial charge < -0.3 is 9.80 Å². The monoisotopic (exact) mass is 602 g/mol. The summed E-state index contributed by atoms with van der Waals surface area (Å²) in [5, 5.41) is 0. The summed E-state index contributed by atoms with van der Waals surface area (Å²) in [4.78, 5) is 4.92. The van der Waals surface area contributed by atoms with Crippen molar-refractivity contribution < 1.29 is 0 Å². The number of anilines is 6. The van der Waals surface area contributed by atoms with E-state index >= 15 is 0 Å². The predicted molar refractivity (Wildman–Crippen MR) is 204 cm³/mol. The van der Waals surface area contributed by atoms with Crippen molar-refractivity contribution in [2.24, 2.45) is 0 Å². The molecule has 6 aromatic rings. The first-order chi connectivity index (χ1) is 23.1. The van der Waals surface area contributed by atoms with Crippen LogP contribution in [0.1, 0.15) is 19.4 Å². The average molecular weight is 603 g/mol. The zero-order chi connectivity index (χ0) is 31.9. The van der Waals surface area contributed by atoms with E-state index < -0.39 is 0 Å². The van der Waals surface area contributed by atoms with E-state index in [1.807, 2.05) is 6.08 Å². The van der Waals surface area contributed by atoms with Crippen LogP contribution in [0.3, 0.4) is 0 Å². The maximum atomic E-state index is 3.93. The van der Waals surface area contributed by atoms with Crippen LogP contribution in [0.5, 0.6) is 0 Å². The van der Waals surface area contributed by atoms with E-state index in [2.05, 4.69) is 188 Å². The Hall–Kier alpha value is -5.80. The molecule has 3 heteroatoms. The van der Waals surface area contributed by atoms with Crippen LogP contribution >= 0.6 is 0 Å². The van der Waals surface area contributed by atoms with Gasteiger partial charge in [0.05, 0.1) is 0 Å². The highest BCUT2D eigenvalue weighted by atomic mass is 15.2. The largest absolute Gasteiger partial charge is 0.311 e. The molecule has 0 bridgehead atoms. The molecule has 0 saturated carbocycles. The van der Waals surface area contributed by atoms with Crippen LogP contribution in [0.2, 0.25) is 0 Å². The topological polar surface area (TPSA) is 6.48 Å². The van der Waals surface area contributed by atoms with E-state index in [0.717, 1.165) is 16.9 Å². The first kappa shape index (κ1) is 28.7. The lowest BCUT2D eigenvalue weighted by atomic mass is 9.33. The number of rotatable bonds is 6. The predicted octanol–water partition coefficient (Wildman–Crippen LogP) is 9.97. The number of hydrogen-bond acceptors (Lipinski definition) is 2. The second-order valence-electron chi connectivity index (χ2n) is 12.4. The zero-order valence-electron chi connectivity index (χ0n) is 26.8. The highest BCUT2D eigenvalue weighted by Gasteiger charge is 2.42. The van der Waals surface area contributed by atoms with E-state index in [4.69, 9.17) is 0 Å². The number of benzene rings is 6. The van der Waals surface area contributed by atoms with Gasteiger partial charge in [-0.15, -0.1) is 0 Å². The van der Waals surface area contributed by atoms with Gasteiger partial charge >= 0.3 is 0 Å². The Morgan fingerprint density at radius 3 is 1.89 bits per heavy atom. The molecule has 0 N–H and O–H groups in total. The van der Waals surface area contributed by atoms with Crippen LogP contribution in [-0.2, 0) is 0 Å². The van der Waals surface area contributed by atoms with Crippen LogP contribution in [-0.4, -0.2) is 6.71 Å². The van der Waals surface area contributed by atoms with Crippen molar-refractivity contribution in [3.63, 3.8) is 0 Å². The maximum Gasteiger partial charge on any atom is 0.252 e. The molecule has 0 aromatic heterocycles. The third-order valence-electron chi connectivity index (χ3n) is 9.50. The molecule has 2 aliphatic rings. The third-order valence-corrected chi connectivity index (χ3v) is 9.50. The van der Waals surface area contributed by atoms with Gasteiger partial charge in [-0.05, 0) is 101 Å². The summed E-state index contributed by atoms with van der Waals surface area (Å²) in [5.41, 5.74) is 17.1. The Kier molecular flexibility index (Phi) is 7.23. The van der Waals surface area contributed by atoms with Gasteiger partial charge in [0.1, 0.15) is 0 Å². The first-order valence-electron chi connectivity index (χ1n) is 16.3. The summed E-state index contributed by atoms with van der Waals surface area (Å²) >= 11 is 0. The van der Waals surface area contributed by atoms with E-state index in [1.54, 1.807) is 0 Å². The highest BCUT2D eigenvalue weighted by Crippen LogP contribution is 2.44. The van der Waals surface area contributed by atoms with Gasteiger partial charge in [0.25, 0.3) is 6.71 Å². The van der Waals surface area contributed by atoms with Gasteiger partial charge in [0, 0.05) is 34.1 Å². The molecule has 2 nitrogen and oxygen atoms in total. The molecule has 2 aliphatic heterocycles. The van der Waals surface area contributed by atoms with Crippen LogP contribution in [0.4, 0.5) is 34.1 Å². The smallest absolute Gasteiger partial charge is 0.252 e. The molecule has 224 valence electrons. The summed E-state index contributed by atoms with van der Waals surface area (Å²) in [6, 6.07) is 53.1. The number of fused-ring (bicyclic) bond motifs is 4. The minimum atomic E-state index is 0.0992. The fourth-order valence-corrected chi connectivity index (χ4v) is 7.14. The third kappa shape index (κ3) is 4.92. The van der Waals surface area contributed by atoms with Crippen molar-refractivity contribution in [3.05, 3.63) is 182 Å². The molecule has 0 saturated heterocycles. The van der Waals surface area contributed by atoms with Crippen molar-refractivity contribution in [1.82, 2.24) is 0 Å². The second kappa shape index (κ2) is 11.9. The fourth-order valence-electron chi connectivity index (χ4n) is 7.14. The van der Waals surface area contributed by atoms with Crippen molar-refractivity contribution >= 4 is 62.8 Å². The molecule has 0 fully saturated rings. The molecule has 6 aromatic carbocycles. The molecule has 2 heterocycles. The van der Waals surface area contributed by atoms with E-state index in [9.17, 15) is 0 Å². The lowest BCUT2D eigenvalue weighted by Gasteiger charge is -2.44. The van der Waals surface area contributed by atoms with Gasteiger partial charge in [-0.2, -0.15) is 0 Å². The van der Waals surface area contributed by atoms with Gasteiger partial charge in [0.15, 0.2) is 0 Å². The number of hydrogen-bond donors (Lipinski definition) is 0. The Bertz CT molecular complexity index is 2200. The van der Waals surface area contributed by atoms with Crippen molar-refractivity contribution in [1.29, 1.82) is 0 Å². The lowest BCUT2D eigenvalue weighted by Crippen LogP contribution is -2.61. The first-order valence-corrected chi connectivity index (χ1v) is 16.3. The van der Waals surface area contributed by atoms with Gasteiger partial charge in [-0.25, -0.2) is 0 Å². The van der Waals surface area contributed by atoms with Crippen LogP contribution in [0.25, 0.3) is 16.7 Å². The summed E-state index contributed by atoms with van der Waals surface area (Å²) in [5.74, 6) is 0. The minimum Gasteiger partial charge on any atom is -0.311 e. The Balaban J connectivity index is 1.40. The Labute approximate surface area is 278 Å². The maximum absolute atomic E-state index is 3.93. The summed E-state index contributed by atoms with van der Waals surface area (Å²) in [6.45, 7) is 8.30. The Morgan fingerprint density at radius 2 is 1.13 bits per heavy atom. The van der Waals surface area contributed by atoms with Gasteiger partial charge in [-0.3, -0.25) is 0 Å². The molecule has 0 unspecified atom stereocenters. The second-order valence-corrected chi connectivity index (χ2v) is 12.4. The molecule has 0 aliphatic carbocycles. The van der Waals surface area contributed by atoms with E-state index in [-0.39, 0.29) is 6.71 Å².